The summed E-state index contributed by atoms with van der Waals surface area (Å²) in [6, 6.07) is 3.38. The van der Waals surface area contributed by atoms with Gasteiger partial charge in [-0.05, 0) is 25.3 Å². The van der Waals surface area contributed by atoms with Crippen molar-refractivity contribution in [2.24, 2.45) is 5.92 Å². The molecule has 1 N–H and O–H groups in total. The van der Waals surface area contributed by atoms with Crippen LogP contribution in [0.1, 0.15) is 44.2 Å². The van der Waals surface area contributed by atoms with Gasteiger partial charge in [0.1, 0.15) is 17.7 Å². The fourth-order valence-corrected chi connectivity index (χ4v) is 4.71. The van der Waals surface area contributed by atoms with Gasteiger partial charge in [-0.25, -0.2) is 21.5 Å². The number of unbranched alkanes of at least 4 members (excludes halogenated alkanes) is 1. The number of nitrogens with zero attached hydrogens (tertiary/aromatic N) is 2. The molecule has 1 aromatic carbocycles. The minimum Gasteiger partial charge on any atom is -0.336 e. The van der Waals surface area contributed by atoms with Crippen LogP contribution in [0, 0.1) is 28.9 Å². The molecule has 2 rings (SSSR count). The number of sulfonamides is 1. The average Bonchev–Trinajstić information content (AvgIpc) is 2.65. The Balaban J connectivity index is 1.96. The van der Waals surface area contributed by atoms with Crippen molar-refractivity contribution in [1.29, 1.82) is 5.26 Å². The molecule has 0 radical (unpaired) electrons. The number of nitriles is 1. The summed E-state index contributed by atoms with van der Waals surface area (Å²) in [6.45, 7) is 2.40. The Morgan fingerprint density at radius 3 is 2.59 bits per heavy atom. The molecule has 1 heterocycles. The molecule has 1 atom stereocenters. The van der Waals surface area contributed by atoms with Crippen molar-refractivity contribution >= 4 is 15.9 Å². The smallest absolute Gasteiger partial charge is 0.224 e. The Morgan fingerprint density at radius 1 is 1.37 bits per heavy atom. The highest BCUT2D eigenvalue weighted by molar-refractivity contribution is 7.89. The SMILES string of the molecule is CCCCS(=O)(=O)N1CCC(C(=O)NC(C#N)c2ccc(F)cc2F)CC1. The summed E-state index contributed by atoms with van der Waals surface area (Å²) in [6.07, 6.45) is 2.05. The lowest BCUT2D eigenvalue weighted by Gasteiger charge is -2.31. The van der Waals surface area contributed by atoms with Gasteiger partial charge in [0.15, 0.2) is 0 Å². The molecule has 1 aliphatic rings. The van der Waals surface area contributed by atoms with Crippen LogP contribution < -0.4 is 5.32 Å². The Hall–Kier alpha value is -2.05. The summed E-state index contributed by atoms with van der Waals surface area (Å²) in [5, 5.41) is 11.7. The summed E-state index contributed by atoms with van der Waals surface area (Å²) in [5.74, 6) is -2.46. The van der Waals surface area contributed by atoms with Crippen LogP contribution >= 0.6 is 0 Å². The first-order chi connectivity index (χ1) is 12.8. The van der Waals surface area contributed by atoms with Crippen LogP contribution in [0.15, 0.2) is 18.2 Å². The van der Waals surface area contributed by atoms with Gasteiger partial charge in [0.25, 0.3) is 0 Å². The molecule has 0 saturated carbocycles. The van der Waals surface area contributed by atoms with E-state index in [2.05, 4.69) is 5.32 Å². The monoisotopic (exact) mass is 399 g/mol. The second kappa shape index (κ2) is 9.24. The minimum atomic E-state index is -3.31. The number of piperidine rings is 1. The molecule has 0 aromatic heterocycles. The van der Waals surface area contributed by atoms with Crippen LogP contribution in [0.3, 0.4) is 0 Å². The Labute approximate surface area is 158 Å². The van der Waals surface area contributed by atoms with E-state index < -0.39 is 39.5 Å². The van der Waals surface area contributed by atoms with Crippen LogP contribution in [0.5, 0.6) is 0 Å². The maximum Gasteiger partial charge on any atom is 0.224 e. The van der Waals surface area contributed by atoms with E-state index in [1.54, 1.807) is 6.07 Å². The molecular formula is C18H23F2N3O3S. The topological polar surface area (TPSA) is 90.3 Å². The highest BCUT2D eigenvalue weighted by atomic mass is 32.2. The Morgan fingerprint density at radius 2 is 2.04 bits per heavy atom. The first-order valence-electron chi connectivity index (χ1n) is 8.91. The first-order valence-corrected chi connectivity index (χ1v) is 10.5. The van der Waals surface area contributed by atoms with Crippen LogP contribution in [0.25, 0.3) is 0 Å². The van der Waals surface area contributed by atoms with Crippen molar-refractivity contribution < 1.29 is 22.0 Å². The molecule has 1 saturated heterocycles. The van der Waals surface area contributed by atoms with Gasteiger partial charge in [-0.2, -0.15) is 5.26 Å². The molecule has 1 aliphatic heterocycles. The fraction of sp³-hybridized carbons (Fsp3) is 0.556. The molecule has 0 bridgehead atoms. The van der Waals surface area contributed by atoms with E-state index in [1.807, 2.05) is 6.92 Å². The molecule has 0 spiro atoms. The van der Waals surface area contributed by atoms with Gasteiger partial charge in [-0.3, -0.25) is 4.79 Å². The van der Waals surface area contributed by atoms with E-state index in [0.717, 1.165) is 18.6 Å². The number of carbonyl (C=O) groups is 1. The highest BCUT2D eigenvalue weighted by Gasteiger charge is 2.32. The lowest BCUT2D eigenvalue weighted by molar-refractivity contribution is -0.126. The second-order valence-electron chi connectivity index (χ2n) is 6.58. The Kier molecular flexibility index (Phi) is 7.27. The maximum atomic E-state index is 13.8. The summed E-state index contributed by atoms with van der Waals surface area (Å²) in [7, 11) is -3.31. The van der Waals surface area contributed by atoms with Crippen molar-refractivity contribution in [3.05, 3.63) is 35.4 Å². The average molecular weight is 399 g/mol. The third-order valence-electron chi connectivity index (χ3n) is 4.66. The van der Waals surface area contributed by atoms with Gasteiger partial charge < -0.3 is 5.32 Å². The number of rotatable bonds is 7. The summed E-state index contributed by atoms with van der Waals surface area (Å²) in [4.78, 5) is 12.4. The van der Waals surface area contributed by atoms with Crippen molar-refractivity contribution in [3.8, 4) is 6.07 Å². The standard InChI is InChI=1S/C18H23F2N3O3S/c1-2-3-10-27(25,26)23-8-6-13(7-9-23)18(24)22-17(12-21)15-5-4-14(19)11-16(15)20/h4-5,11,13,17H,2-3,6-10H2,1H3,(H,22,24). The molecule has 1 fully saturated rings. The van der Waals surface area contributed by atoms with Crippen molar-refractivity contribution in [2.45, 2.75) is 38.6 Å². The molecule has 1 unspecified atom stereocenters. The molecular weight excluding hydrogens is 376 g/mol. The molecule has 27 heavy (non-hydrogen) atoms. The number of benzene rings is 1. The normalized spacial score (nSPS) is 17.3. The van der Waals surface area contributed by atoms with Gasteiger partial charge in [-0.1, -0.05) is 19.4 Å². The predicted octanol–water partition coefficient (Wildman–Crippen LogP) is 2.49. The van der Waals surface area contributed by atoms with Gasteiger partial charge in [-0.15, -0.1) is 0 Å². The van der Waals surface area contributed by atoms with Gasteiger partial charge >= 0.3 is 0 Å². The van der Waals surface area contributed by atoms with Crippen molar-refractivity contribution in [2.75, 3.05) is 18.8 Å². The largest absolute Gasteiger partial charge is 0.336 e. The molecule has 0 aliphatic carbocycles. The lowest BCUT2D eigenvalue weighted by Crippen LogP contribution is -2.44. The summed E-state index contributed by atoms with van der Waals surface area (Å²) in [5.41, 5.74) is -0.105. The van der Waals surface area contributed by atoms with E-state index >= 15 is 0 Å². The third-order valence-corrected chi connectivity index (χ3v) is 6.62. The van der Waals surface area contributed by atoms with Gasteiger partial charge in [0, 0.05) is 30.6 Å². The van der Waals surface area contributed by atoms with Gasteiger partial charge in [0.2, 0.25) is 15.9 Å². The van der Waals surface area contributed by atoms with E-state index in [4.69, 9.17) is 0 Å². The zero-order valence-electron chi connectivity index (χ0n) is 15.1. The van der Waals surface area contributed by atoms with Gasteiger partial charge in [0.05, 0.1) is 11.8 Å². The highest BCUT2D eigenvalue weighted by Crippen LogP contribution is 2.23. The molecule has 1 aromatic rings. The third kappa shape index (κ3) is 5.47. The van der Waals surface area contributed by atoms with Crippen LogP contribution in [-0.4, -0.2) is 37.5 Å². The van der Waals surface area contributed by atoms with Crippen LogP contribution in [-0.2, 0) is 14.8 Å². The zero-order chi connectivity index (χ0) is 20.0. The number of amides is 1. The fourth-order valence-electron chi connectivity index (χ4n) is 3.03. The number of nitrogens with one attached hydrogen (secondary N) is 1. The van der Waals surface area contributed by atoms with E-state index in [9.17, 15) is 27.3 Å². The van der Waals surface area contributed by atoms with Crippen molar-refractivity contribution in [3.63, 3.8) is 0 Å². The molecule has 1 amide bonds. The Bertz CT molecular complexity index is 816. The first kappa shape index (κ1) is 21.3. The summed E-state index contributed by atoms with van der Waals surface area (Å²) >= 11 is 0. The lowest BCUT2D eigenvalue weighted by atomic mass is 9.96. The van der Waals surface area contributed by atoms with Crippen molar-refractivity contribution in [1.82, 2.24) is 9.62 Å². The predicted molar refractivity (Wildman–Crippen MR) is 95.8 cm³/mol. The van der Waals surface area contributed by atoms with E-state index in [0.29, 0.717) is 25.3 Å². The number of halogens is 2. The second-order valence-corrected chi connectivity index (χ2v) is 8.67. The van der Waals surface area contributed by atoms with E-state index in [-0.39, 0.29) is 24.4 Å². The minimum absolute atomic E-state index is 0.0979. The van der Waals surface area contributed by atoms with Crippen LogP contribution in [0.4, 0.5) is 8.78 Å². The van der Waals surface area contributed by atoms with Crippen LogP contribution in [0.2, 0.25) is 0 Å². The quantitative estimate of drug-likeness (QED) is 0.763. The molecule has 6 nitrogen and oxygen atoms in total. The van der Waals surface area contributed by atoms with E-state index in [1.165, 1.54) is 4.31 Å². The number of hydrogen-bond donors (Lipinski definition) is 1. The maximum absolute atomic E-state index is 13.8. The summed E-state index contributed by atoms with van der Waals surface area (Å²) < 4.78 is 52.7. The number of hydrogen-bond acceptors (Lipinski definition) is 4. The molecule has 9 heteroatoms. The zero-order valence-corrected chi connectivity index (χ0v) is 15.9. The number of carbonyl (C=O) groups excluding carboxylic acids is 1. The molecule has 148 valence electrons.